The molecule has 0 unspecified atom stereocenters. The fourth-order valence-electron chi connectivity index (χ4n) is 4.58. The Morgan fingerprint density at radius 1 is 0.977 bits per heavy atom. The molecule has 2 aliphatic heterocycles. The Bertz CT molecular complexity index is 1140. The molecule has 13 nitrogen and oxygen atoms in total. The standard InChI is InChI=1S/C31H44O13/c1-17(6-5-14-31(3,4)39)13-15-40-29-26(38)28(44-30-25(37)24(36)23(35)18(2)41-30)27(21(16-32)42-29)43-22(34)12-9-19-7-10-20(33)11-8-19/h5,7-14,18,21,23-30,32-33,35-39H,6,15-16H2,1-4H3/t18-,21+,23-,24+,25+,26+,27+,28+,29+,30-/m0/s1. The van der Waals surface area contributed by atoms with E-state index in [1.165, 1.54) is 25.1 Å². The van der Waals surface area contributed by atoms with Gasteiger partial charge in [0, 0.05) is 6.08 Å². The molecule has 246 valence electrons. The summed E-state index contributed by atoms with van der Waals surface area (Å²) >= 11 is 0. The topological polar surface area (TPSA) is 205 Å². The van der Waals surface area contributed by atoms with E-state index in [0.29, 0.717) is 12.0 Å². The Morgan fingerprint density at radius 2 is 1.66 bits per heavy atom. The highest BCUT2D eigenvalue weighted by atomic mass is 16.7. The van der Waals surface area contributed by atoms with Gasteiger partial charge in [0.05, 0.1) is 24.9 Å². The molecule has 2 saturated heterocycles. The fraction of sp³-hybridized carbons (Fsp3) is 0.581. The lowest BCUT2D eigenvalue weighted by Crippen LogP contribution is -2.65. The number of hydrogen-bond donors (Lipinski definition) is 7. The number of ether oxygens (including phenoxy) is 5. The van der Waals surface area contributed by atoms with Crippen LogP contribution in [0.2, 0.25) is 0 Å². The number of aromatic hydroxyl groups is 1. The number of phenolic OH excluding ortho intramolecular Hbond substituents is 1. The van der Waals surface area contributed by atoms with E-state index in [0.717, 1.165) is 11.6 Å². The highest BCUT2D eigenvalue weighted by molar-refractivity contribution is 5.87. The van der Waals surface area contributed by atoms with Gasteiger partial charge in [-0.15, -0.1) is 0 Å². The van der Waals surface area contributed by atoms with Crippen LogP contribution in [-0.4, -0.2) is 122 Å². The molecule has 1 aromatic rings. The lowest BCUT2D eigenvalue weighted by Gasteiger charge is -2.46. The molecule has 0 amide bonds. The minimum atomic E-state index is -1.73. The summed E-state index contributed by atoms with van der Waals surface area (Å²) in [5, 5.41) is 71.5. The summed E-state index contributed by atoms with van der Waals surface area (Å²) in [5.74, 6) is -0.829. The highest BCUT2D eigenvalue weighted by Crippen LogP contribution is 2.31. The molecule has 10 atom stereocenters. The van der Waals surface area contributed by atoms with Crippen LogP contribution in [-0.2, 0) is 28.5 Å². The largest absolute Gasteiger partial charge is 0.508 e. The van der Waals surface area contributed by atoms with E-state index in [1.54, 1.807) is 44.2 Å². The highest BCUT2D eigenvalue weighted by Gasteiger charge is 2.52. The van der Waals surface area contributed by atoms with Crippen molar-refractivity contribution in [3.8, 4) is 5.75 Å². The molecule has 2 fully saturated rings. The summed E-state index contributed by atoms with van der Waals surface area (Å²) in [7, 11) is 0. The number of benzene rings is 1. The van der Waals surface area contributed by atoms with E-state index in [9.17, 15) is 40.5 Å². The molecule has 44 heavy (non-hydrogen) atoms. The Morgan fingerprint density at radius 3 is 2.30 bits per heavy atom. The molecule has 2 heterocycles. The van der Waals surface area contributed by atoms with Crippen molar-refractivity contribution in [1.29, 1.82) is 0 Å². The van der Waals surface area contributed by atoms with Crippen molar-refractivity contribution < 1.29 is 64.2 Å². The van der Waals surface area contributed by atoms with E-state index >= 15 is 0 Å². The van der Waals surface area contributed by atoms with Gasteiger partial charge < -0.3 is 59.4 Å². The van der Waals surface area contributed by atoms with Gasteiger partial charge in [-0.3, -0.25) is 0 Å². The quantitative estimate of drug-likeness (QED) is 0.0950. The van der Waals surface area contributed by atoms with Crippen LogP contribution in [0.1, 0.15) is 39.7 Å². The van der Waals surface area contributed by atoms with Crippen molar-refractivity contribution >= 4 is 12.0 Å². The SMILES string of the molecule is CC(=CCO[C@@H]1O[C@H](CO)[C@@H](OC(=O)C=Cc2ccc(O)cc2)[C@H](O[C@@H]2O[C@@H](C)[C@H](O)[C@@H](O)[C@H]2O)[C@H]1O)CC=CC(C)(C)O. The van der Waals surface area contributed by atoms with Crippen LogP contribution >= 0.6 is 0 Å². The molecule has 7 N–H and O–H groups in total. The van der Waals surface area contributed by atoms with Crippen molar-refractivity contribution in [1.82, 2.24) is 0 Å². The van der Waals surface area contributed by atoms with Gasteiger partial charge in [0.2, 0.25) is 0 Å². The van der Waals surface area contributed by atoms with E-state index in [2.05, 4.69) is 0 Å². The number of rotatable bonds is 12. The Kier molecular flexibility index (Phi) is 13.0. The number of aliphatic hydroxyl groups is 6. The molecule has 2 aliphatic rings. The number of carbonyl (C=O) groups is 1. The Hall–Kier alpha value is -2.69. The molecule has 0 saturated carbocycles. The van der Waals surface area contributed by atoms with Crippen LogP contribution in [0.4, 0.5) is 0 Å². The average molecular weight is 625 g/mol. The van der Waals surface area contributed by atoms with E-state index in [-0.39, 0.29) is 12.4 Å². The van der Waals surface area contributed by atoms with Gasteiger partial charge in [-0.25, -0.2) is 4.79 Å². The third-order valence-electron chi connectivity index (χ3n) is 7.11. The monoisotopic (exact) mass is 624 g/mol. The Balaban J connectivity index is 1.78. The van der Waals surface area contributed by atoms with Gasteiger partial charge in [0.15, 0.2) is 18.7 Å². The summed E-state index contributed by atoms with van der Waals surface area (Å²) in [6.45, 7) is 5.92. The Labute approximate surface area is 256 Å². The molecule has 0 bridgehead atoms. The second kappa shape index (κ2) is 16.0. The molecule has 0 aliphatic carbocycles. The predicted octanol–water partition coefficient (Wildman–Crippen LogP) is 0.288. The predicted molar refractivity (Wildman–Crippen MR) is 156 cm³/mol. The van der Waals surface area contributed by atoms with Crippen LogP contribution < -0.4 is 0 Å². The van der Waals surface area contributed by atoms with Crippen molar-refractivity contribution in [2.75, 3.05) is 13.2 Å². The van der Waals surface area contributed by atoms with Gasteiger partial charge in [-0.1, -0.05) is 35.9 Å². The van der Waals surface area contributed by atoms with Gasteiger partial charge >= 0.3 is 5.97 Å². The van der Waals surface area contributed by atoms with Crippen LogP contribution in [0, 0.1) is 0 Å². The van der Waals surface area contributed by atoms with E-state index < -0.39 is 79.6 Å². The van der Waals surface area contributed by atoms with Gasteiger partial charge in [-0.2, -0.15) is 0 Å². The van der Waals surface area contributed by atoms with Crippen LogP contribution in [0.3, 0.4) is 0 Å². The molecule has 0 aromatic heterocycles. The third-order valence-corrected chi connectivity index (χ3v) is 7.11. The number of allylic oxidation sites excluding steroid dienone is 2. The molecule has 3 rings (SSSR count). The smallest absolute Gasteiger partial charge is 0.331 e. The van der Waals surface area contributed by atoms with Crippen molar-refractivity contribution in [2.45, 2.75) is 101 Å². The van der Waals surface area contributed by atoms with Crippen molar-refractivity contribution in [2.24, 2.45) is 0 Å². The van der Waals surface area contributed by atoms with E-state index in [1.807, 2.05) is 6.92 Å². The lowest BCUT2D eigenvalue weighted by molar-refractivity contribution is -0.356. The summed E-state index contributed by atoms with van der Waals surface area (Å²) in [6.07, 6.45) is -6.16. The number of phenols is 1. The molecule has 0 spiro atoms. The minimum Gasteiger partial charge on any atom is -0.508 e. The first-order chi connectivity index (χ1) is 20.7. The van der Waals surface area contributed by atoms with Gasteiger partial charge in [0.25, 0.3) is 0 Å². The minimum absolute atomic E-state index is 0.0148. The molecule has 1 aromatic carbocycles. The zero-order valence-electron chi connectivity index (χ0n) is 25.2. The molecular weight excluding hydrogens is 580 g/mol. The molecular formula is C31H44O13. The normalized spacial score (nSPS) is 33.6. The first-order valence-corrected chi connectivity index (χ1v) is 14.3. The van der Waals surface area contributed by atoms with Gasteiger partial charge in [0.1, 0.15) is 42.4 Å². The fourth-order valence-corrected chi connectivity index (χ4v) is 4.58. The number of hydrogen-bond acceptors (Lipinski definition) is 13. The summed E-state index contributed by atoms with van der Waals surface area (Å²) < 4.78 is 28.4. The summed E-state index contributed by atoms with van der Waals surface area (Å²) in [6, 6.07) is 6.01. The van der Waals surface area contributed by atoms with Gasteiger partial charge in [-0.05, 0) is 57.9 Å². The lowest BCUT2D eigenvalue weighted by atomic mass is 9.97. The van der Waals surface area contributed by atoms with Crippen molar-refractivity contribution in [3.63, 3.8) is 0 Å². The second-order valence-electron chi connectivity index (χ2n) is 11.5. The zero-order chi connectivity index (χ0) is 32.6. The third kappa shape index (κ3) is 10.2. The number of esters is 1. The second-order valence-corrected chi connectivity index (χ2v) is 11.5. The summed E-state index contributed by atoms with van der Waals surface area (Å²) in [5.41, 5.74) is 0.530. The first kappa shape index (κ1) is 35.8. The molecule has 13 heteroatoms. The maximum absolute atomic E-state index is 12.8. The number of carbonyl (C=O) groups excluding carboxylic acids is 1. The van der Waals surface area contributed by atoms with E-state index in [4.69, 9.17) is 23.7 Å². The maximum atomic E-state index is 12.8. The zero-order valence-corrected chi connectivity index (χ0v) is 25.2. The van der Waals surface area contributed by atoms with Crippen LogP contribution in [0.5, 0.6) is 5.75 Å². The summed E-state index contributed by atoms with van der Waals surface area (Å²) in [4.78, 5) is 12.8. The number of aliphatic hydroxyl groups excluding tert-OH is 5. The van der Waals surface area contributed by atoms with Crippen molar-refractivity contribution in [3.05, 3.63) is 59.7 Å². The molecule has 0 radical (unpaired) electrons. The first-order valence-electron chi connectivity index (χ1n) is 14.3. The maximum Gasteiger partial charge on any atom is 0.331 e. The van der Waals surface area contributed by atoms with Crippen LogP contribution in [0.15, 0.2) is 54.1 Å². The average Bonchev–Trinajstić information content (AvgIpc) is 2.96. The van der Waals surface area contributed by atoms with Crippen LogP contribution in [0.25, 0.3) is 6.08 Å².